The highest BCUT2D eigenvalue weighted by Gasteiger charge is 2.13. The minimum absolute atomic E-state index is 0.133. The molecule has 0 radical (unpaired) electrons. The number of aliphatic hydroxyl groups is 1. The zero-order valence-electron chi connectivity index (χ0n) is 8.90. The van der Waals surface area contributed by atoms with Crippen molar-refractivity contribution < 1.29 is 5.11 Å². The van der Waals surface area contributed by atoms with Gasteiger partial charge in [0.25, 0.3) is 0 Å². The Hall–Kier alpha value is -0.220. The van der Waals surface area contributed by atoms with Gasteiger partial charge < -0.3 is 10.8 Å². The predicted molar refractivity (Wildman–Crippen MR) is 66.3 cm³/mol. The molecule has 0 amide bonds. The molecule has 84 valence electrons. The minimum Gasteiger partial charge on any atom is -0.392 e. The monoisotopic (exact) mass is 245 g/mol. The largest absolute Gasteiger partial charge is 0.392 e. The van der Waals surface area contributed by atoms with Crippen molar-refractivity contribution in [1.82, 2.24) is 0 Å². The molecule has 0 aromatic heterocycles. The highest BCUT2D eigenvalue weighted by molar-refractivity contribution is 8.00. The Bertz CT molecular complexity index is 330. The van der Waals surface area contributed by atoms with Crippen LogP contribution in [0, 0.1) is 0 Å². The molecule has 0 heterocycles. The number of hydrogen-bond donors (Lipinski definition) is 2. The summed E-state index contributed by atoms with van der Waals surface area (Å²) in [6.45, 7) is 4.19. The summed E-state index contributed by atoms with van der Waals surface area (Å²) < 4.78 is 0. The third kappa shape index (κ3) is 3.38. The molecule has 0 spiro atoms. The van der Waals surface area contributed by atoms with Crippen LogP contribution in [0.5, 0.6) is 0 Å². The van der Waals surface area contributed by atoms with Gasteiger partial charge in [-0.15, -0.1) is 11.8 Å². The Balaban J connectivity index is 2.89. The van der Waals surface area contributed by atoms with Gasteiger partial charge in [-0.2, -0.15) is 0 Å². The van der Waals surface area contributed by atoms with Crippen LogP contribution in [0.2, 0.25) is 5.02 Å². The summed E-state index contributed by atoms with van der Waals surface area (Å²) in [5.41, 5.74) is 6.60. The number of hydrogen-bond acceptors (Lipinski definition) is 3. The summed E-state index contributed by atoms with van der Waals surface area (Å²) in [6.07, 6.45) is -0.348. The second kappa shape index (κ2) is 5.75. The summed E-state index contributed by atoms with van der Waals surface area (Å²) in [6, 6.07) is 5.72. The number of rotatable bonds is 4. The smallest absolute Gasteiger partial charge is 0.0631 e. The van der Waals surface area contributed by atoms with E-state index in [4.69, 9.17) is 17.3 Å². The first-order valence-electron chi connectivity index (χ1n) is 4.88. The molecule has 2 nitrogen and oxygen atoms in total. The van der Waals surface area contributed by atoms with E-state index in [-0.39, 0.29) is 11.4 Å². The lowest BCUT2D eigenvalue weighted by molar-refractivity contribution is 0.196. The molecule has 0 aliphatic rings. The van der Waals surface area contributed by atoms with Gasteiger partial charge in [0.15, 0.2) is 0 Å². The fourth-order valence-electron chi connectivity index (χ4n) is 1.15. The van der Waals surface area contributed by atoms with Crippen molar-refractivity contribution >= 4 is 23.4 Å². The van der Waals surface area contributed by atoms with E-state index in [0.717, 1.165) is 10.5 Å². The van der Waals surface area contributed by atoms with Gasteiger partial charge >= 0.3 is 0 Å². The summed E-state index contributed by atoms with van der Waals surface area (Å²) in [5, 5.41) is 10.3. The van der Waals surface area contributed by atoms with Gasteiger partial charge in [0.1, 0.15) is 0 Å². The summed E-state index contributed by atoms with van der Waals surface area (Å²) in [7, 11) is 0. The van der Waals surface area contributed by atoms with E-state index >= 15 is 0 Å². The molecule has 0 aliphatic carbocycles. The van der Waals surface area contributed by atoms with Crippen molar-refractivity contribution in [2.75, 3.05) is 0 Å². The van der Waals surface area contributed by atoms with E-state index in [9.17, 15) is 5.11 Å². The van der Waals surface area contributed by atoms with Crippen LogP contribution in [-0.4, -0.2) is 16.5 Å². The van der Waals surface area contributed by atoms with Crippen molar-refractivity contribution in [2.45, 2.75) is 36.6 Å². The number of benzene rings is 1. The highest BCUT2D eigenvalue weighted by atomic mass is 35.5. The molecule has 15 heavy (non-hydrogen) atoms. The molecule has 1 aromatic rings. The van der Waals surface area contributed by atoms with Gasteiger partial charge in [-0.1, -0.05) is 24.6 Å². The molecule has 0 saturated carbocycles. The van der Waals surface area contributed by atoms with Gasteiger partial charge in [-0.25, -0.2) is 0 Å². The standard InChI is InChI=1S/C11H16ClNOS/c1-7(14)8(2)15-11-5-3-4-10(12)9(11)6-13/h3-5,7-8,14H,6,13H2,1-2H3. The van der Waals surface area contributed by atoms with Gasteiger partial charge in [-0.05, 0) is 24.6 Å². The first kappa shape index (κ1) is 12.8. The first-order chi connectivity index (χ1) is 7.06. The van der Waals surface area contributed by atoms with Gasteiger partial charge in [0.2, 0.25) is 0 Å². The minimum atomic E-state index is -0.348. The van der Waals surface area contributed by atoms with Crippen molar-refractivity contribution in [3.63, 3.8) is 0 Å². The molecule has 0 aliphatic heterocycles. The lowest BCUT2D eigenvalue weighted by Crippen LogP contribution is -2.15. The van der Waals surface area contributed by atoms with E-state index in [1.54, 1.807) is 18.7 Å². The van der Waals surface area contributed by atoms with E-state index in [0.29, 0.717) is 11.6 Å². The molecule has 2 unspecified atom stereocenters. The second-order valence-corrected chi connectivity index (χ2v) is 5.31. The van der Waals surface area contributed by atoms with E-state index in [1.807, 2.05) is 25.1 Å². The van der Waals surface area contributed by atoms with Gasteiger partial charge in [0.05, 0.1) is 6.10 Å². The van der Waals surface area contributed by atoms with E-state index in [1.165, 1.54) is 0 Å². The van der Waals surface area contributed by atoms with Crippen molar-refractivity contribution in [2.24, 2.45) is 5.73 Å². The molecule has 1 rings (SSSR count). The maximum atomic E-state index is 9.43. The third-order valence-electron chi connectivity index (χ3n) is 2.27. The van der Waals surface area contributed by atoms with Crippen LogP contribution in [0.1, 0.15) is 19.4 Å². The van der Waals surface area contributed by atoms with Crippen molar-refractivity contribution in [3.05, 3.63) is 28.8 Å². The van der Waals surface area contributed by atoms with Gasteiger partial charge in [-0.3, -0.25) is 0 Å². The molecule has 0 saturated heterocycles. The summed E-state index contributed by atoms with van der Waals surface area (Å²) in [5.74, 6) is 0. The Morgan fingerprint density at radius 2 is 2.13 bits per heavy atom. The molecule has 1 aromatic carbocycles. The van der Waals surface area contributed by atoms with Crippen LogP contribution in [-0.2, 0) is 6.54 Å². The van der Waals surface area contributed by atoms with Crippen LogP contribution in [0.15, 0.2) is 23.1 Å². The van der Waals surface area contributed by atoms with Crippen LogP contribution in [0.4, 0.5) is 0 Å². The first-order valence-corrected chi connectivity index (χ1v) is 6.14. The number of thioether (sulfide) groups is 1. The fourth-order valence-corrected chi connectivity index (χ4v) is 2.54. The van der Waals surface area contributed by atoms with Gasteiger partial charge in [0, 0.05) is 21.7 Å². The maximum Gasteiger partial charge on any atom is 0.0631 e. The Morgan fingerprint density at radius 3 is 2.67 bits per heavy atom. The van der Waals surface area contributed by atoms with E-state index in [2.05, 4.69) is 0 Å². The third-order valence-corrected chi connectivity index (χ3v) is 4.03. The average Bonchev–Trinajstić information content (AvgIpc) is 2.18. The lowest BCUT2D eigenvalue weighted by atomic mass is 10.2. The number of nitrogens with two attached hydrogens (primary N) is 1. The van der Waals surface area contributed by atoms with Crippen LogP contribution in [0.3, 0.4) is 0 Å². The highest BCUT2D eigenvalue weighted by Crippen LogP contribution is 2.31. The topological polar surface area (TPSA) is 46.2 Å². The second-order valence-electron chi connectivity index (χ2n) is 3.48. The zero-order valence-corrected chi connectivity index (χ0v) is 10.5. The van der Waals surface area contributed by atoms with Crippen LogP contribution >= 0.6 is 23.4 Å². The summed E-state index contributed by atoms with van der Waals surface area (Å²) >= 11 is 7.64. The van der Waals surface area contributed by atoms with E-state index < -0.39 is 0 Å². The predicted octanol–water partition coefficient (Wildman–Crippen LogP) is 2.66. The lowest BCUT2D eigenvalue weighted by Gasteiger charge is -2.16. The summed E-state index contributed by atoms with van der Waals surface area (Å²) in [4.78, 5) is 1.05. The molecule has 3 N–H and O–H groups in total. The zero-order chi connectivity index (χ0) is 11.4. The Labute approximate surface area is 99.8 Å². The maximum absolute atomic E-state index is 9.43. The van der Waals surface area contributed by atoms with Crippen molar-refractivity contribution in [3.8, 4) is 0 Å². The number of aliphatic hydroxyl groups excluding tert-OH is 1. The molecule has 0 fully saturated rings. The molecule has 2 atom stereocenters. The SMILES string of the molecule is CC(O)C(C)Sc1cccc(Cl)c1CN. The number of halogens is 1. The van der Waals surface area contributed by atoms with Crippen molar-refractivity contribution in [1.29, 1.82) is 0 Å². The van der Waals surface area contributed by atoms with Crippen LogP contribution < -0.4 is 5.73 Å². The molecule has 4 heteroatoms. The van der Waals surface area contributed by atoms with Crippen LogP contribution in [0.25, 0.3) is 0 Å². The average molecular weight is 246 g/mol. The normalized spacial score (nSPS) is 15.0. The Morgan fingerprint density at radius 1 is 1.47 bits per heavy atom. The quantitative estimate of drug-likeness (QED) is 0.802. The molecular weight excluding hydrogens is 230 g/mol. The fraction of sp³-hybridized carbons (Fsp3) is 0.455. The molecular formula is C11H16ClNOS. The Kier molecular flexibility index (Phi) is 4.93. The molecule has 0 bridgehead atoms.